The summed E-state index contributed by atoms with van der Waals surface area (Å²) in [5.74, 6) is 0.307. The molecule has 11 heavy (non-hydrogen) atoms. The normalized spacial score (nSPS) is 21.7. The highest BCUT2D eigenvalue weighted by atomic mass is 16.6. The molecule has 0 spiro atoms. The van der Waals surface area contributed by atoms with Crippen molar-refractivity contribution in [3.05, 3.63) is 0 Å². The van der Waals surface area contributed by atoms with E-state index in [-0.39, 0.29) is 6.10 Å². The molecule has 0 radical (unpaired) electrons. The molecule has 0 bridgehead atoms. The molecular weight excluding hydrogens is 140 g/mol. The van der Waals surface area contributed by atoms with Crippen molar-refractivity contribution in [1.29, 1.82) is 0 Å². The molecule has 2 nitrogen and oxygen atoms in total. The van der Waals surface area contributed by atoms with Crippen LogP contribution in [0, 0.1) is 0 Å². The predicted molar refractivity (Wildman–Crippen MR) is 43.5 cm³/mol. The van der Waals surface area contributed by atoms with Gasteiger partial charge in [0.25, 0.3) is 0 Å². The Morgan fingerprint density at radius 3 is 2.73 bits per heavy atom. The fourth-order valence-electron chi connectivity index (χ4n) is 1.12. The Morgan fingerprint density at radius 2 is 2.18 bits per heavy atom. The van der Waals surface area contributed by atoms with E-state index in [2.05, 4.69) is 6.92 Å². The van der Waals surface area contributed by atoms with Crippen LogP contribution in [0.2, 0.25) is 0 Å². The van der Waals surface area contributed by atoms with E-state index in [1.165, 1.54) is 19.3 Å². The summed E-state index contributed by atoms with van der Waals surface area (Å²) in [4.78, 5) is 11.0. The second-order valence-corrected chi connectivity index (χ2v) is 3.10. The minimum atomic E-state index is -0.0170. The van der Waals surface area contributed by atoms with Crippen molar-refractivity contribution in [1.82, 2.24) is 0 Å². The van der Waals surface area contributed by atoms with E-state index in [0.717, 1.165) is 12.8 Å². The Kier molecular flexibility index (Phi) is 3.57. The molecule has 1 fully saturated rings. The van der Waals surface area contributed by atoms with E-state index in [9.17, 15) is 4.79 Å². The van der Waals surface area contributed by atoms with Crippen molar-refractivity contribution >= 4 is 5.78 Å². The standard InChI is InChI=1S/C9H16O2/c1-2-3-4-5-6-8(10)9-7-11-9/h9H,2-7H2,1H3. The average Bonchev–Trinajstić information content (AvgIpc) is 2.79. The zero-order chi connectivity index (χ0) is 8.10. The van der Waals surface area contributed by atoms with E-state index >= 15 is 0 Å². The number of ketones is 1. The summed E-state index contributed by atoms with van der Waals surface area (Å²) in [6.45, 7) is 2.85. The Hall–Kier alpha value is -0.370. The number of carbonyl (C=O) groups is 1. The Morgan fingerprint density at radius 1 is 1.45 bits per heavy atom. The molecule has 0 aromatic heterocycles. The highest BCUT2D eigenvalue weighted by Gasteiger charge is 2.29. The van der Waals surface area contributed by atoms with Gasteiger partial charge in [-0.3, -0.25) is 4.79 Å². The largest absolute Gasteiger partial charge is 0.365 e. The van der Waals surface area contributed by atoms with Gasteiger partial charge in [0.05, 0.1) is 6.61 Å². The van der Waals surface area contributed by atoms with Gasteiger partial charge < -0.3 is 4.74 Å². The molecule has 1 aliphatic heterocycles. The van der Waals surface area contributed by atoms with Gasteiger partial charge in [0.1, 0.15) is 6.10 Å². The maximum atomic E-state index is 11.0. The smallest absolute Gasteiger partial charge is 0.163 e. The molecule has 0 N–H and O–H groups in total. The van der Waals surface area contributed by atoms with Crippen molar-refractivity contribution in [2.24, 2.45) is 0 Å². The van der Waals surface area contributed by atoms with Gasteiger partial charge in [-0.05, 0) is 6.42 Å². The molecule has 64 valence electrons. The molecule has 1 heterocycles. The Bertz CT molecular complexity index is 128. The lowest BCUT2D eigenvalue weighted by Crippen LogP contribution is -2.05. The van der Waals surface area contributed by atoms with Crippen LogP contribution < -0.4 is 0 Å². The lowest BCUT2D eigenvalue weighted by Gasteiger charge is -1.95. The summed E-state index contributed by atoms with van der Waals surface area (Å²) in [5, 5.41) is 0. The molecule has 2 heteroatoms. The topological polar surface area (TPSA) is 29.6 Å². The molecule has 0 aliphatic carbocycles. The van der Waals surface area contributed by atoms with Gasteiger partial charge in [-0.2, -0.15) is 0 Å². The van der Waals surface area contributed by atoms with Crippen molar-refractivity contribution in [2.75, 3.05) is 6.61 Å². The fraction of sp³-hybridized carbons (Fsp3) is 0.889. The second kappa shape index (κ2) is 4.50. The number of Topliss-reactive ketones (excluding diaryl/α,β-unsaturated/α-hetero) is 1. The highest BCUT2D eigenvalue weighted by molar-refractivity contribution is 5.84. The lowest BCUT2D eigenvalue weighted by atomic mass is 10.1. The first-order valence-corrected chi connectivity index (χ1v) is 4.49. The zero-order valence-corrected chi connectivity index (χ0v) is 7.14. The van der Waals surface area contributed by atoms with Crippen LogP contribution in [-0.4, -0.2) is 18.5 Å². The van der Waals surface area contributed by atoms with Crippen LogP contribution in [-0.2, 0) is 9.53 Å². The van der Waals surface area contributed by atoms with Gasteiger partial charge >= 0.3 is 0 Å². The monoisotopic (exact) mass is 156 g/mol. The molecule has 0 aromatic rings. The van der Waals surface area contributed by atoms with Crippen molar-refractivity contribution in [3.63, 3.8) is 0 Å². The van der Waals surface area contributed by atoms with Crippen LogP contribution in [0.1, 0.15) is 39.0 Å². The van der Waals surface area contributed by atoms with E-state index in [1.54, 1.807) is 0 Å². The summed E-state index contributed by atoms with van der Waals surface area (Å²) in [5.41, 5.74) is 0. The number of hydrogen-bond donors (Lipinski definition) is 0. The van der Waals surface area contributed by atoms with E-state index in [1.807, 2.05) is 0 Å². The van der Waals surface area contributed by atoms with Crippen molar-refractivity contribution in [3.8, 4) is 0 Å². The molecule has 0 amide bonds. The molecule has 1 unspecified atom stereocenters. The molecule has 0 aromatic carbocycles. The second-order valence-electron chi connectivity index (χ2n) is 3.10. The van der Waals surface area contributed by atoms with Crippen molar-refractivity contribution < 1.29 is 9.53 Å². The summed E-state index contributed by atoms with van der Waals surface area (Å²) in [6.07, 6.45) is 5.43. The molecular formula is C9H16O2. The van der Waals surface area contributed by atoms with Gasteiger partial charge in [0.15, 0.2) is 5.78 Å². The van der Waals surface area contributed by atoms with Gasteiger partial charge in [0.2, 0.25) is 0 Å². The molecule has 1 aliphatic rings. The van der Waals surface area contributed by atoms with Gasteiger partial charge in [-0.15, -0.1) is 0 Å². The van der Waals surface area contributed by atoms with Crippen LogP contribution in [0.3, 0.4) is 0 Å². The molecule has 0 saturated carbocycles. The predicted octanol–water partition coefficient (Wildman–Crippen LogP) is 1.92. The summed E-state index contributed by atoms with van der Waals surface area (Å²) < 4.78 is 4.88. The third-order valence-corrected chi connectivity index (χ3v) is 1.97. The molecule has 1 rings (SSSR count). The van der Waals surface area contributed by atoms with Gasteiger partial charge in [-0.25, -0.2) is 0 Å². The summed E-state index contributed by atoms with van der Waals surface area (Å²) >= 11 is 0. The number of hydrogen-bond acceptors (Lipinski definition) is 2. The van der Waals surface area contributed by atoms with Crippen LogP contribution in [0.4, 0.5) is 0 Å². The SMILES string of the molecule is CCCCCCC(=O)C1CO1. The molecule has 1 saturated heterocycles. The summed E-state index contributed by atoms with van der Waals surface area (Å²) in [6, 6.07) is 0. The third kappa shape index (κ3) is 3.51. The van der Waals surface area contributed by atoms with E-state index < -0.39 is 0 Å². The quantitative estimate of drug-likeness (QED) is 0.434. The number of carbonyl (C=O) groups excluding carboxylic acids is 1. The fourth-order valence-corrected chi connectivity index (χ4v) is 1.12. The number of rotatable bonds is 6. The van der Waals surface area contributed by atoms with E-state index in [4.69, 9.17) is 4.74 Å². The maximum absolute atomic E-state index is 11.0. The summed E-state index contributed by atoms with van der Waals surface area (Å²) in [7, 11) is 0. The number of epoxide rings is 1. The van der Waals surface area contributed by atoms with Crippen LogP contribution in [0.25, 0.3) is 0 Å². The van der Waals surface area contributed by atoms with Gasteiger partial charge in [0, 0.05) is 6.42 Å². The minimum absolute atomic E-state index is 0.0170. The third-order valence-electron chi connectivity index (χ3n) is 1.97. The van der Waals surface area contributed by atoms with Crippen LogP contribution >= 0.6 is 0 Å². The van der Waals surface area contributed by atoms with Crippen LogP contribution in [0.5, 0.6) is 0 Å². The Balaban J connectivity index is 1.89. The van der Waals surface area contributed by atoms with Crippen LogP contribution in [0.15, 0.2) is 0 Å². The highest BCUT2D eigenvalue weighted by Crippen LogP contribution is 2.14. The molecule has 1 atom stereocenters. The van der Waals surface area contributed by atoms with E-state index in [0.29, 0.717) is 12.4 Å². The first kappa shape index (κ1) is 8.72. The van der Waals surface area contributed by atoms with Gasteiger partial charge in [-0.1, -0.05) is 26.2 Å². The average molecular weight is 156 g/mol. The number of unbranched alkanes of at least 4 members (excludes halogenated alkanes) is 3. The lowest BCUT2D eigenvalue weighted by molar-refractivity contribution is -0.120. The zero-order valence-electron chi connectivity index (χ0n) is 7.14. The minimum Gasteiger partial charge on any atom is -0.365 e. The first-order chi connectivity index (χ1) is 5.34. The maximum Gasteiger partial charge on any atom is 0.163 e. The first-order valence-electron chi connectivity index (χ1n) is 4.49. The Labute approximate surface area is 67.9 Å². The van der Waals surface area contributed by atoms with Crippen molar-refractivity contribution in [2.45, 2.75) is 45.1 Å². The number of ether oxygens (including phenoxy) is 1.